The van der Waals surface area contributed by atoms with Gasteiger partial charge in [0.1, 0.15) is 5.69 Å². The Morgan fingerprint density at radius 1 is 0.821 bits per heavy atom. The van der Waals surface area contributed by atoms with Crippen molar-refractivity contribution < 1.29 is 9.21 Å². The van der Waals surface area contributed by atoms with Gasteiger partial charge in [-0.15, -0.1) is 0 Å². The van der Waals surface area contributed by atoms with Crippen LogP contribution in [-0.2, 0) is 12.8 Å². The summed E-state index contributed by atoms with van der Waals surface area (Å²) in [6, 6.07) is 23.7. The molecular formula is C24H20N2O2. The Bertz CT molecular complexity index is 1040. The molecule has 2 aromatic carbocycles. The normalized spacial score (nSPS) is 10.7. The van der Waals surface area contributed by atoms with Gasteiger partial charge >= 0.3 is 0 Å². The van der Waals surface area contributed by atoms with Crippen LogP contribution >= 0.6 is 0 Å². The van der Waals surface area contributed by atoms with E-state index in [1.54, 1.807) is 12.4 Å². The Morgan fingerprint density at radius 3 is 2.32 bits per heavy atom. The van der Waals surface area contributed by atoms with E-state index < -0.39 is 0 Å². The van der Waals surface area contributed by atoms with Crippen molar-refractivity contribution in [2.75, 3.05) is 0 Å². The van der Waals surface area contributed by atoms with E-state index in [9.17, 15) is 4.79 Å². The lowest BCUT2D eigenvalue weighted by molar-refractivity contribution is 0.0980. The number of ketones is 1. The highest BCUT2D eigenvalue weighted by atomic mass is 16.4. The Kier molecular flexibility index (Phi) is 5.38. The van der Waals surface area contributed by atoms with Crippen molar-refractivity contribution in [3.63, 3.8) is 0 Å². The number of nitrogens with zero attached hydrogens (tertiary/aromatic N) is 2. The van der Waals surface area contributed by atoms with Crippen molar-refractivity contribution in [1.29, 1.82) is 0 Å². The highest BCUT2D eigenvalue weighted by Crippen LogP contribution is 2.19. The number of aromatic nitrogens is 2. The molecule has 4 aromatic rings. The first kappa shape index (κ1) is 17.9. The fourth-order valence-electron chi connectivity index (χ4n) is 3.06. The lowest BCUT2D eigenvalue weighted by Gasteiger charge is -2.04. The molecule has 0 aliphatic carbocycles. The Hall–Kier alpha value is -3.53. The summed E-state index contributed by atoms with van der Waals surface area (Å²) in [6.07, 6.45) is 5.06. The molecule has 2 aromatic heterocycles. The van der Waals surface area contributed by atoms with Crippen LogP contribution in [0, 0.1) is 0 Å². The molecule has 0 spiro atoms. The molecule has 0 N–H and O–H groups in total. The third-order valence-corrected chi connectivity index (χ3v) is 4.56. The highest BCUT2D eigenvalue weighted by molar-refractivity contribution is 5.96. The molecule has 0 saturated carbocycles. The van der Waals surface area contributed by atoms with E-state index in [4.69, 9.17) is 4.42 Å². The van der Waals surface area contributed by atoms with Crippen LogP contribution in [0.2, 0.25) is 0 Å². The molecule has 0 saturated heterocycles. The zero-order valence-corrected chi connectivity index (χ0v) is 15.4. The van der Waals surface area contributed by atoms with E-state index in [1.165, 1.54) is 11.1 Å². The maximum atomic E-state index is 12.5. The number of benzene rings is 2. The average Bonchev–Trinajstić information content (AvgIpc) is 3.23. The molecule has 4 heteroatoms. The van der Waals surface area contributed by atoms with E-state index >= 15 is 0 Å². The largest absolute Gasteiger partial charge is 0.439 e. The van der Waals surface area contributed by atoms with Gasteiger partial charge in [0.15, 0.2) is 17.4 Å². The van der Waals surface area contributed by atoms with Gasteiger partial charge in [-0.2, -0.15) is 0 Å². The van der Waals surface area contributed by atoms with Crippen molar-refractivity contribution in [3.8, 4) is 11.5 Å². The van der Waals surface area contributed by atoms with Crippen molar-refractivity contribution in [3.05, 3.63) is 108 Å². The van der Waals surface area contributed by atoms with E-state index in [0.29, 0.717) is 30.1 Å². The summed E-state index contributed by atoms with van der Waals surface area (Å²) in [6.45, 7) is 0. The molecule has 4 rings (SSSR count). The van der Waals surface area contributed by atoms with Crippen LogP contribution in [0.25, 0.3) is 11.5 Å². The standard InChI is InChI=1S/C24H20N2O2/c27-22(13-14-24-26-17-23(28-24)21-8-4-5-15-25-21)20-11-9-19(10-12-20)16-18-6-2-1-3-7-18/h1-12,15,17H,13-14,16H2. The Morgan fingerprint density at radius 2 is 1.57 bits per heavy atom. The molecule has 0 radical (unpaired) electrons. The average molecular weight is 368 g/mol. The Labute approximate surface area is 163 Å². The monoisotopic (exact) mass is 368 g/mol. The summed E-state index contributed by atoms with van der Waals surface area (Å²) in [7, 11) is 0. The molecule has 0 amide bonds. The summed E-state index contributed by atoms with van der Waals surface area (Å²) in [5.74, 6) is 1.26. The van der Waals surface area contributed by atoms with Gasteiger partial charge in [0, 0.05) is 24.6 Å². The van der Waals surface area contributed by atoms with Gasteiger partial charge in [-0.3, -0.25) is 9.78 Å². The maximum Gasteiger partial charge on any atom is 0.195 e. The molecule has 2 heterocycles. The van der Waals surface area contributed by atoms with Gasteiger partial charge in [-0.1, -0.05) is 60.7 Å². The Balaban J connectivity index is 1.34. The van der Waals surface area contributed by atoms with Crippen molar-refractivity contribution in [1.82, 2.24) is 9.97 Å². The van der Waals surface area contributed by atoms with Crippen LogP contribution < -0.4 is 0 Å². The summed E-state index contributed by atoms with van der Waals surface area (Å²) >= 11 is 0. The summed E-state index contributed by atoms with van der Waals surface area (Å²) in [4.78, 5) is 21.0. The predicted octanol–water partition coefficient (Wildman–Crippen LogP) is 5.14. The second-order valence-electron chi connectivity index (χ2n) is 6.62. The quantitative estimate of drug-likeness (QED) is 0.424. The van der Waals surface area contributed by atoms with Crippen LogP contribution in [0.15, 0.2) is 89.6 Å². The molecule has 0 aliphatic heterocycles. The molecule has 0 bridgehead atoms. The number of pyridine rings is 1. The van der Waals surface area contributed by atoms with E-state index in [-0.39, 0.29) is 5.78 Å². The number of Topliss-reactive ketones (excluding diaryl/α,β-unsaturated/α-hetero) is 1. The van der Waals surface area contributed by atoms with Gasteiger partial charge in [0.05, 0.1) is 6.20 Å². The van der Waals surface area contributed by atoms with E-state index in [0.717, 1.165) is 12.1 Å². The zero-order chi connectivity index (χ0) is 19.2. The van der Waals surface area contributed by atoms with Crippen LogP contribution in [0.1, 0.15) is 33.8 Å². The highest BCUT2D eigenvalue weighted by Gasteiger charge is 2.11. The van der Waals surface area contributed by atoms with Gasteiger partial charge in [0.2, 0.25) is 0 Å². The third-order valence-electron chi connectivity index (χ3n) is 4.56. The molecule has 0 unspecified atom stereocenters. The topological polar surface area (TPSA) is 56.0 Å². The second kappa shape index (κ2) is 8.44. The second-order valence-corrected chi connectivity index (χ2v) is 6.62. The van der Waals surface area contributed by atoms with Crippen LogP contribution in [0.4, 0.5) is 0 Å². The first-order chi connectivity index (χ1) is 13.8. The van der Waals surface area contributed by atoms with Gasteiger partial charge in [0.25, 0.3) is 0 Å². The molecule has 28 heavy (non-hydrogen) atoms. The summed E-state index contributed by atoms with van der Waals surface area (Å²) in [5.41, 5.74) is 3.90. The number of carbonyl (C=O) groups excluding carboxylic acids is 1. The summed E-state index contributed by atoms with van der Waals surface area (Å²) < 4.78 is 5.72. The summed E-state index contributed by atoms with van der Waals surface area (Å²) in [5, 5.41) is 0. The van der Waals surface area contributed by atoms with Gasteiger partial charge in [-0.25, -0.2) is 4.98 Å². The van der Waals surface area contributed by atoms with Crippen LogP contribution in [0.3, 0.4) is 0 Å². The number of rotatable bonds is 7. The third kappa shape index (κ3) is 4.41. The van der Waals surface area contributed by atoms with Crippen LogP contribution in [-0.4, -0.2) is 15.8 Å². The van der Waals surface area contributed by atoms with Crippen molar-refractivity contribution in [2.45, 2.75) is 19.3 Å². The molecule has 0 fully saturated rings. The molecule has 0 aliphatic rings. The number of hydrogen-bond acceptors (Lipinski definition) is 4. The predicted molar refractivity (Wildman–Crippen MR) is 108 cm³/mol. The lowest BCUT2D eigenvalue weighted by atomic mass is 10.0. The fraction of sp³-hybridized carbons (Fsp3) is 0.125. The minimum atomic E-state index is 0.0869. The lowest BCUT2D eigenvalue weighted by Crippen LogP contribution is -2.01. The zero-order valence-electron chi connectivity index (χ0n) is 15.4. The maximum absolute atomic E-state index is 12.5. The smallest absolute Gasteiger partial charge is 0.195 e. The SMILES string of the molecule is O=C(CCc1ncc(-c2ccccn2)o1)c1ccc(Cc2ccccc2)cc1. The minimum absolute atomic E-state index is 0.0869. The van der Waals surface area contributed by atoms with Crippen LogP contribution in [0.5, 0.6) is 0 Å². The number of aryl methyl sites for hydroxylation is 1. The minimum Gasteiger partial charge on any atom is -0.439 e. The van der Waals surface area contributed by atoms with E-state index in [1.807, 2.05) is 60.7 Å². The fourth-order valence-corrected chi connectivity index (χ4v) is 3.06. The van der Waals surface area contributed by atoms with Gasteiger partial charge in [-0.05, 0) is 29.7 Å². The first-order valence-electron chi connectivity index (χ1n) is 9.30. The number of oxazole rings is 1. The number of carbonyl (C=O) groups is 1. The van der Waals surface area contributed by atoms with Gasteiger partial charge < -0.3 is 4.42 Å². The van der Waals surface area contributed by atoms with Crippen molar-refractivity contribution >= 4 is 5.78 Å². The molecule has 138 valence electrons. The van der Waals surface area contributed by atoms with Crippen molar-refractivity contribution in [2.24, 2.45) is 0 Å². The number of hydrogen-bond donors (Lipinski definition) is 0. The first-order valence-corrected chi connectivity index (χ1v) is 9.30. The molecular weight excluding hydrogens is 348 g/mol. The molecule has 0 atom stereocenters. The molecule has 4 nitrogen and oxygen atoms in total. The van der Waals surface area contributed by atoms with E-state index in [2.05, 4.69) is 22.1 Å².